The van der Waals surface area contributed by atoms with Gasteiger partial charge in [-0.3, -0.25) is 4.79 Å². The molecule has 0 heterocycles. The topological polar surface area (TPSA) is 63.3 Å². The van der Waals surface area contributed by atoms with Gasteiger partial charge in [0.1, 0.15) is 0 Å². The molecule has 62 valence electrons. The van der Waals surface area contributed by atoms with Gasteiger partial charge in [0.05, 0.1) is 5.41 Å². The summed E-state index contributed by atoms with van der Waals surface area (Å²) in [5.74, 6) is -0.760. The Bertz CT molecular complexity index is 200. The molecule has 11 heavy (non-hydrogen) atoms. The Kier molecular flexibility index (Phi) is 2.00. The fraction of sp³-hybridized carbons (Fsp3) is 0.625. The van der Waals surface area contributed by atoms with Crippen molar-refractivity contribution in [2.75, 3.05) is 0 Å². The van der Waals surface area contributed by atoms with E-state index >= 15 is 0 Å². The molecule has 1 aliphatic rings. The average Bonchev–Trinajstić information content (AvgIpc) is 2.33. The van der Waals surface area contributed by atoms with Gasteiger partial charge in [0, 0.05) is 6.04 Å². The van der Waals surface area contributed by atoms with Gasteiger partial charge in [0.2, 0.25) is 0 Å². The van der Waals surface area contributed by atoms with Gasteiger partial charge >= 0.3 is 5.97 Å². The third-order valence-electron chi connectivity index (χ3n) is 2.32. The average molecular weight is 155 g/mol. The monoisotopic (exact) mass is 155 g/mol. The number of aliphatic carboxylic acids is 1. The molecule has 0 radical (unpaired) electrons. The summed E-state index contributed by atoms with van der Waals surface area (Å²) in [5.41, 5.74) is 4.89. The lowest BCUT2D eigenvalue weighted by atomic mass is 9.84. The third kappa shape index (κ3) is 1.28. The lowest BCUT2D eigenvalue weighted by Crippen LogP contribution is -2.30. The standard InChI is InChI=1S/C8H13NO2/c1-2-8(7(10)11)4-3-6(9)5-8/h3-4,6H,2,5,9H2,1H3,(H,10,11). The molecule has 0 aromatic carbocycles. The van der Waals surface area contributed by atoms with Crippen molar-refractivity contribution < 1.29 is 9.90 Å². The van der Waals surface area contributed by atoms with Crippen molar-refractivity contribution in [2.45, 2.75) is 25.8 Å². The molecule has 0 spiro atoms. The minimum atomic E-state index is -0.760. The molecule has 3 heteroatoms. The normalized spacial score (nSPS) is 36.0. The molecule has 2 unspecified atom stereocenters. The molecule has 0 aromatic rings. The van der Waals surface area contributed by atoms with Gasteiger partial charge < -0.3 is 10.8 Å². The van der Waals surface area contributed by atoms with Gasteiger partial charge in [-0.15, -0.1) is 0 Å². The van der Waals surface area contributed by atoms with Gasteiger partial charge in [0.25, 0.3) is 0 Å². The number of hydrogen-bond acceptors (Lipinski definition) is 2. The number of carboxylic acids is 1. The van der Waals surface area contributed by atoms with E-state index in [1.54, 1.807) is 12.2 Å². The zero-order valence-electron chi connectivity index (χ0n) is 6.58. The summed E-state index contributed by atoms with van der Waals surface area (Å²) in [6, 6.07) is -0.0777. The van der Waals surface area contributed by atoms with Crippen molar-refractivity contribution in [3.05, 3.63) is 12.2 Å². The second-order valence-corrected chi connectivity index (χ2v) is 3.04. The van der Waals surface area contributed by atoms with E-state index in [2.05, 4.69) is 0 Å². The van der Waals surface area contributed by atoms with E-state index in [4.69, 9.17) is 10.8 Å². The predicted molar refractivity (Wildman–Crippen MR) is 42.1 cm³/mol. The first-order valence-electron chi connectivity index (χ1n) is 3.79. The minimum absolute atomic E-state index is 0.0777. The highest BCUT2D eigenvalue weighted by molar-refractivity contribution is 5.77. The molecule has 0 aliphatic heterocycles. The van der Waals surface area contributed by atoms with E-state index in [1.165, 1.54) is 0 Å². The van der Waals surface area contributed by atoms with Crippen LogP contribution in [0, 0.1) is 5.41 Å². The van der Waals surface area contributed by atoms with Crippen molar-refractivity contribution in [1.29, 1.82) is 0 Å². The summed E-state index contributed by atoms with van der Waals surface area (Å²) in [4.78, 5) is 10.8. The quantitative estimate of drug-likeness (QED) is 0.578. The van der Waals surface area contributed by atoms with Crippen molar-refractivity contribution in [2.24, 2.45) is 11.1 Å². The number of hydrogen-bond donors (Lipinski definition) is 2. The van der Waals surface area contributed by atoms with Crippen LogP contribution in [0.4, 0.5) is 0 Å². The molecule has 0 saturated heterocycles. The first-order chi connectivity index (χ1) is 5.10. The molecule has 0 aromatic heterocycles. The van der Waals surface area contributed by atoms with Crippen LogP contribution in [-0.4, -0.2) is 17.1 Å². The highest BCUT2D eigenvalue weighted by atomic mass is 16.4. The third-order valence-corrected chi connectivity index (χ3v) is 2.32. The first kappa shape index (κ1) is 8.27. The molecular weight excluding hydrogens is 142 g/mol. The van der Waals surface area contributed by atoms with E-state index in [1.807, 2.05) is 6.92 Å². The van der Waals surface area contributed by atoms with Crippen LogP contribution in [0.2, 0.25) is 0 Å². The van der Waals surface area contributed by atoms with E-state index in [9.17, 15) is 4.79 Å². The van der Waals surface area contributed by atoms with Gasteiger partial charge in [0.15, 0.2) is 0 Å². The first-order valence-corrected chi connectivity index (χ1v) is 3.79. The molecule has 0 amide bonds. The van der Waals surface area contributed by atoms with Gasteiger partial charge in [-0.2, -0.15) is 0 Å². The van der Waals surface area contributed by atoms with Gasteiger partial charge in [-0.05, 0) is 12.8 Å². The molecule has 1 rings (SSSR count). The highest BCUT2D eigenvalue weighted by Gasteiger charge is 2.38. The van der Waals surface area contributed by atoms with Gasteiger partial charge in [-0.25, -0.2) is 0 Å². The van der Waals surface area contributed by atoms with Crippen LogP contribution in [0.3, 0.4) is 0 Å². The predicted octanol–water partition coefficient (Wildman–Crippen LogP) is 0.755. The largest absolute Gasteiger partial charge is 0.481 e. The Labute approximate surface area is 65.9 Å². The van der Waals surface area contributed by atoms with Crippen LogP contribution >= 0.6 is 0 Å². The van der Waals surface area contributed by atoms with Crippen LogP contribution in [0.1, 0.15) is 19.8 Å². The summed E-state index contributed by atoms with van der Waals surface area (Å²) in [7, 11) is 0. The summed E-state index contributed by atoms with van der Waals surface area (Å²) in [6.07, 6.45) is 4.66. The van der Waals surface area contributed by atoms with Crippen LogP contribution < -0.4 is 5.73 Å². The summed E-state index contributed by atoms with van der Waals surface area (Å²) in [5, 5.41) is 8.87. The Balaban J connectivity index is 2.80. The maximum absolute atomic E-state index is 10.8. The van der Waals surface area contributed by atoms with Crippen LogP contribution in [0.15, 0.2) is 12.2 Å². The number of carbonyl (C=O) groups is 1. The smallest absolute Gasteiger partial charge is 0.313 e. The molecule has 3 nitrogen and oxygen atoms in total. The Morgan fingerprint density at radius 1 is 1.91 bits per heavy atom. The fourth-order valence-corrected chi connectivity index (χ4v) is 1.44. The number of rotatable bonds is 2. The maximum Gasteiger partial charge on any atom is 0.313 e. The zero-order valence-corrected chi connectivity index (χ0v) is 6.58. The Morgan fingerprint density at radius 3 is 2.73 bits per heavy atom. The van der Waals surface area contributed by atoms with E-state index in [-0.39, 0.29) is 6.04 Å². The summed E-state index contributed by atoms with van der Waals surface area (Å²) >= 11 is 0. The Hall–Kier alpha value is -0.830. The number of nitrogens with two attached hydrogens (primary N) is 1. The van der Waals surface area contributed by atoms with E-state index in [0.717, 1.165) is 0 Å². The Morgan fingerprint density at radius 2 is 2.55 bits per heavy atom. The fourth-order valence-electron chi connectivity index (χ4n) is 1.44. The second kappa shape index (κ2) is 2.66. The molecular formula is C8H13NO2. The second-order valence-electron chi connectivity index (χ2n) is 3.04. The number of carboxylic acid groups (broad SMARTS) is 1. The SMILES string of the molecule is CCC1(C(=O)O)C=CC(N)C1. The van der Waals surface area contributed by atoms with Crippen molar-refractivity contribution in [3.8, 4) is 0 Å². The van der Waals surface area contributed by atoms with Crippen LogP contribution in [0.25, 0.3) is 0 Å². The zero-order chi connectivity index (χ0) is 8.48. The van der Waals surface area contributed by atoms with Crippen LogP contribution in [-0.2, 0) is 4.79 Å². The van der Waals surface area contributed by atoms with Crippen molar-refractivity contribution in [1.82, 2.24) is 0 Å². The molecule has 0 bridgehead atoms. The summed E-state index contributed by atoms with van der Waals surface area (Å²) in [6.45, 7) is 1.87. The lowest BCUT2D eigenvalue weighted by Gasteiger charge is -2.20. The maximum atomic E-state index is 10.8. The van der Waals surface area contributed by atoms with Crippen LogP contribution in [0.5, 0.6) is 0 Å². The molecule has 0 saturated carbocycles. The molecule has 2 atom stereocenters. The summed E-state index contributed by atoms with van der Waals surface area (Å²) < 4.78 is 0. The van der Waals surface area contributed by atoms with Crippen molar-refractivity contribution in [3.63, 3.8) is 0 Å². The molecule has 1 aliphatic carbocycles. The lowest BCUT2D eigenvalue weighted by molar-refractivity contribution is -0.146. The van der Waals surface area contributed by atoms with E-state index < -0.39 is 11.4 Å². The molecule has 0 fully saturated rings. The highest BCUT2D eigenvalue weighted by Crippen LogP contribution is 2.34. The van der Waals surface area contributed by atoms with Crippen molar-refractivity contribution >= 4 is 5.97 Å². The van der Waals surface area contributed by atoms with E-state index in [0.29, 0.717) is 12.8 Å². The van der Waals surface area contributed by atoms with Gasteiger partial charge in [-0.1, -0.05) is 19.1 Å². The molecule has 3 N–H and O–H groups in total. The minimum Gasteiger partial charge on any atom is -0.481 e.